The highest BCUT2D eigenvalue weighted by Gasteiger charge is 2.33. The van der Waals surface area contributed by atoms with E-state index < -0.39 is 27.6 Å². The van der Waals surface area contributed by atoms with Gasteiger partial charge >= 0.3 is 0 Å². The van der Waals surface area contributed by atoms with Crippen LogP contribution in [0.5, 0.6) is 5.75 Å². The fourth-order valence-corrected chi connectivity index (χ4v) is 4.60. The molecule has 1 heterocycles. The number of carbonyl (C=O) groups excluding carboxylic acids is 2. The first-order valence-corrected chi connectivity index (χ1v) is 9.59. The van der Waals surface area contributed by atoms with Crippen molar-refractivity contribution in [1.29, 1.82) is 0 Å². The van der Waals surface area contributed by atoms with E-state index in [2.05, 4.69) is 10.9 Å². The molecular weight excluding hydrogens is 344 g/mol. The summed E-state index contributed by atoms with van der Waals surface area (Å²) in [6, 6.07) is 10.9. The standard InChI is InChI=1S/C17H18N2O5S/c1-24-15-9-12-5-3-2-4-11(12)8-14(15)17(21)19-18-16(20)13-6-7-25(22,23)10-13/h2-5,8-9,13H,6-7,10H2,1H3,(H,18,20)(H,19,21)/t13-/m1/s1. The molecule has 2 aromatic carbocycles. The summed E-state index contributed by atoms with van der Waals surface area (Å²) in [7, 11) is -1.70. The van der Waals surface area contributed by atoms with Crippen LogP contribution in [0.25, 0.3) is 10.8 Å². The van der Waals surface area contributed by atoms with E-state index in [1.165, 1.54) is 7.11 Å². The van der Waals surface area contributed by atoms with Gasteiger partial charge in [-0.3, -0.25) is 20.4 Å². The number of rotatable bonds is 3. The summed E-state index contributed by atoms with van der Waals surface area (Å²) in [5.41, 5.74) is 4.91. The van der Waals surface area contributed by atoms with E-state index in [0.717, 1.165) is 10.8 Å². The van der Waals surface area contributed by atoms with Crippen LogP contribution < -0.4 is 15.6 Å². The number of amides is 2. The first-order chi connectivity index (χ1) is 11.9. The molecule has 8 heteroatoms. The minimum atomic E-state index is -3.16. The maximum Gasteiger partial charge on any atom is 0.273 e. The lowest BCUT2D eigenvalue weighted by molar-refractivity contribution is -0.125. The highest BCUT2D eigenvalue weighted by atomic mass is 32.2. The number of benzene rings is 2. The molecule has 3 rings (SSSR count). The van der Waals surface area contributed by atoms with Gasteiger partial charge in [0.25, 0.3) is 5.91 Å². The molecule has 7 nitrogen and oxygen atoms in total. The molecular formula is C17H18N2O5S. The Morgan fingerprint density at radius 3 is 2.40 bits per heavy atom. The SMILES string of the molecule is COc1cc2ccccc2cc1C(=O)NNC(=O)[C@@H]1CCS(=O)(=O)C1. The Bertz CT molecular complexity index is 939. The molecule has 0 aromatic heterocycles. The van der Waals surface area contributed by atoms with Crippen LogP contribution in [0.2, 0.25) is 0 Å². The lowest BCUT2D eigenvalue weighted by Crippen LogP contribution is -2.44. The van der Waals surface area contributed by atoms with Gasteiger partial charge in [-0.2, -0.15) is 0 Å². The van der Waals surface area contributed by atoms with Crippen molar-refractivity contribution in [2.45, 2.75) is 6.42 Å². The molecule has 1 aliphatic heterocycles. The number of methoxy groups -OCH3 is 1. The number of sulfone groups is 1. The minimum Gasteiger partial charge on any atom is -0.496 e. The monoisotopic (exact) mass is 362 g/mol. The fraction of sp³-hybridized carbons (Fsp3) is 0.294. The molecule has 0 spiro atoms. The third-order valence-corrected chi connectivity index (χ3v) is 5.98. The Balaban J connectivity index is 1.73. The van der Waals surface area contributed by atoms with Gasteiger partial charge in [0.2, 0.25) is 5.91 Å². The van der Waals surface area contributed by atoms with Gasteiger partial charge in [0.05, 0.1) is 30.1 Å². The predicted octanol–water partition coefficient (Wildman–Crippen LogP) is 1.04. The second-order valence-electron chi connectivity index (χ2n) is 5.94. The van der Waals surface area contributed by atoms with Crippen LogP contribution in [0, 0.1) is 5.92 Å². The van der Waals surface area contributed by atoms with Crippen LogP contribution in [0.1, 0.15) is 16.8 Å². The lowest BCUT2D eigenvalue weighted by Gasteiger charge is -2.13. The van der Waals surface area contributed by atoms with Crippen molar-refractivity contribution in [3.8, 4) is 5.75 Å². The molecule has 0 bridgehead atoms. The summed E-state index contributed by atoms with van der Waals surface area (Å²) in [6.07, 6.45) is 0.267. The molecule has 0 unspecified atom stereocenters. The number of nitrogens with one attached hydrogen (secondary N) is 2. The third-order valence-electron chi connectivity index (χ3n) is 4.21. The lowest BCUT2D eigenvalue weighted by atomic mass is 10.1. The van der Waals surface area contributed by atoms with Crippen LogP contribution in [-0.4, -0.2) is 38.8 Å². The van der Waals surface area contributed by atoms with Gasteiger partial charge in [-0.1, -0.05) is 24.3 Å². The van der Waals surface area contributed by atoms with Gasteiger partial charge in [-0.15, -0.1) is 0 Å². The van der Waals surface area contributed by atoms with Crippen LogP contribution in [0.4, 0.5) is 0 Å². The molecule has 1 saturated heterocycles. The number of hydrazine groups is 1. The van der Waals surface area contributed by atoms with Crippen molar-refractivity contribution in [2.75, 3.05) is 18.6 Å². The molecule has 1 aliphatic rings. The van der Waals surface area contributed by atoms with E-state index in [1.54, 1.807) is 12.1 Å². The number of ether oxygens (including phenoxy) is 1. The first-order valence-electron chi connectivity index (χ1n) is 7.77. The van der Waals surface area contributed by atoms with E-state index in [9.17, 15) is 18.0 Å². The second-order valence-corrected chi connectivity index (χ2v) is 8.17. The van der Waals surface area contributed by atoms with E-state index in [-0.39, 0.29) is 23.5 Å². The second kappa shape index (κ2) is 6.72. The van der Waals surface area contributed by atoms with Crippen LogP contribution in [-0.2, 0) is 14.6 Å². The predicted molar refractivity (Wildman–Crippen MR) is 92.9 cm³/mol. The zero-order valence-electron chi connectivity index (χ0n) is 13.6. The molecule has 25 heavy (non-hydrogen) atoms. The van der Waals surface area contributed by atoms with Gasteiger partial charge < -0.3 is 4.74 Å². The number of fused-ring (bicyclic) bond motifs is 1. The van der Waals surface area contributed by atoms with Crippen LogP contribution in [0.15, 0.2) is 36.4 Å². The van der Waals surface area contributed by atoms with Crippen molar-refractivity contribution in [3.63, 3.8) is 0 Å². The fourth-order valence-electron chi connectivity index (χ4n) is 2.86. The summed E-state index contributed by atoms with van der Waals surface area (Å²) in [5, 5.41) is 1.79. The molecule has 0 saturated carbocycles. The van der Waals surface area contributed by atoms with E-state index >= 15 is 0 Å². The van der Waals surface area contributed by atoms with Crippen molar-refractivity contribution in [3.05, 3.63) is 42.0 Å². The van der Waals surface area contributed by atoms with Gasteiger partial charge in [0.15, 0.2) is 9.84 Å². The molecule has 2 aromatic rings. The topological polar surface area (TPSA) is 102 Å². The Morgan fingerprint density at radius 1 is 1.12 bits per heavy atom. The molecule has 132 valence electrons. The van der Waals surface area contributed by atoms with Gasteiger partial charge in [0.1, 0.15) is 5.75 Å². The summed E-state index contributed by atoms with van der Waals surface area (Å²) in [5.74, 6) is -1.48. The Labute approximate surface area is 145 Å². The minimum absolute atomic E-state index is 0.00245. The normalized spacial score (nSPS) is 18.7. The maximum absolute atomic E-state index is 12.4. The molecule has 0 aliphatic carbocycles. The Hall–Kier alpha value is -2.61. The molecule has 1 atom stereocenters. The molecule has 2 amide bonds. The number of hydrogen-bond donors (Lipinski definition) is 2. The summed E-state index contributed by atoms with van der Waals surface area (Å²) in [4.78, 5) is 24.4. The number of carbonyl (C=O) groups is 2. The van der Waals surface area contributed by atoms with Gasteiger partial charge in [-0.25, -0.2) is 8.42 Å². The first kappa shape index (κ1) is 17.2. The Morgan fingerprint density at radius 2 is 1.80 bits per heavy atom. The molecule has 2 N–H and O–H groups in total. The summed E-state index contributed by atoms with van der Waals surface area (Å²) >= 11 is 0. The zero-order chi connectivity index (χ0) is 18.0. The average molecular weight is 362 g/mol. The quantitative estimate of drug-likeness (QED) is 0.795. The summed E-state index contributed by atoms with van der Waals surface area (Å²) < 4.78 is 28.1. The largest absolute Gasteiger partial charge is 0.496 e. The highest BCUT2D eigenvalue weighted by Crippen LogP contribution is 2.25. The smallest absolute Gasteiger partial charge is 0.273 e. The number of hydrogen-bond acceptors (Lipinski definition) is 5. The Kier molecular flexibility index (Phi) is 4.63. The van der Waals surface area contributed by atoms with Crippen molar-refractivity contribution < 1.29 is 22.7 Å². The average Bonchev–Trinajstić information content (AvgIpc) is 2.98. The van der Waals surface area contributed by atoms with Crippen LogP contribution in [0.3, 0.4) is 0 Å². The van der Waals surface area contributed by atoms with Crippen molar-refractivity contribution >= 4 is 32.4 Å². The van der Waals surface area contributed by atoms with E-state index in [1.807, 2.05) is 24.3 Å². The van der Waals surface area contributed by atoms with Crippen molar-refractivity contribution in [1.82, 2.24) is 10.9 Å². The van der Waals surface area contributed by atoms with Crippen molar-refractivity contribution in [2.24, 2.45) is 5.92 Å². The van der Waals surface area contributed by atoms with E-state index in [4.69, 9.17) is 4.74 Å². The third kappa shape index (κ3) is 3.74. The highest BCUT2D eigenvalue weighted by molar-refractivity contribution is 7.91. The zero-order valence-corrected chi connectivity index (χ0v) is 14.4. The van der Waals surface area contributed by atoms with E-state index in [0.29, 0.717) is 5.75 Å². The maximum atomic E-state index is 12.4. The van der Waals surface area contributed by atoms with Crippen LogP contribution >= 0.6 is 0 Å². The van der Waals surface area contributed by atoms with Gasteiger partial charge in [0, 0.05) is 0 Å². The molecule has 1 fully saturated rings. The van der Waals surface area contributed by atoms with Gasteiger partial charge in [-0.05, 0) is 29.3 Å². The molecule has 0 radical (unpaired) electrons. The summed E-state index contributed by atoms with van der Waals surface area (Å²) in [6.45, 7) is 0.